The molecule has 0 spiro atoms. The van der Waals surface area contributed by atoms with Crippen molar-refractivity contribution in [2.45, 2.75) is 38.0 Å². The molecule has 1 amide bonds. The van der Waals surface area contributed by atoms with Gasteiger partial charge in [-0.25, -0.2) is 9.67 Å². The van der Waals surface area contributed by atoms with E-state index in [2.05, 4.69) is 10.1 Å². The number of hydrogen-bond acceptors (Lipinski definition) is 3. The molecule has 0 N–H and O–H groups in total. The monoisotopic (exact) mass is 344 g/mol. The van der Waals surface area contributed by atoms with E-state index in [1.165, 1.54) is 19.3 Å². The van der Waals surface area contributed by atoms with Crippen LogP contribution in [0.5, 0.6) is 0 Å². The van der Waals surface area contributed by atoms with E-state index in [0.29, 0.717) is 16.9 Å². The minimum absolute atomic E-state index is 0.102. The van der Waals surface area contributed by atoms with Crippen LogP contribution < -0.4 is 0 Å². The lowest BCUT2D eigenvalue weighted by atomic mass is 9.85. The molecular weight excluding hydrogens is 324 g/mol. The molecule has 24 heavy (non-hydrogen) atoms. The summed E-state index contributed by atoms with van der Waals surface area (Å²) in [5, 5.41) is 5.12. The standard InChI is InChI=1S/C18H21ClN4O/c1-22(11-12-5-4-6-12)18(24)16-20-17(13-9-10-13)23(21-16)15-8-3-2-7-14(15)19/h2-3,7-8,12-13H,4-6,9-11H2,1H3. The molecule has 1 aromatic heterocycles. The Balaban J connectivity index is 1.63. The number of hydrogen-bond donors (Lipinski definition) is 0. The molecule has 1 heterocycles. The highest BCUT2D eigenvalue weighted by Gasteiger charge is 2.33. The van der Waals surface area contributed by atoms with Crippen molar-refractivity contribution in [2.24, 2.45) is 5.92 Å². The molecule has 1 aromatic carbocycles. The van der Waals surface area contributed by atoms with Gasteiger partial charge < -0.3 is 4.90 Å². The first kappa shape index (κ1) is 15.6. The van der Waals surface area contributed by atoms with Crippen LogP contribution in [-0.2, 0) is 0 Å². The van der Waals surface area contributed by atoms with E-state index in [-0.39, 0.29) is 11.7 Å². The van der Waals surface area contributed by atoms with E-state index in [1.807, 2.05) is 31.3 Å². The van der Waals surface area contributed by atoms with E-state index in [4.69, 9.17) is 11.6 Å². The van der Waals surface area contributed by atoms with Gasteiger partial charge in [0.25, 0.3) is 5.91 Å². The summed E-state index contributed by atoms with van der Waals surface area (Å²) in [7, 11) is 1.84. The zero-order chi connectivity index (χ0) is 16.7. The van der Waals surface area contributed by atoms with E-state index in [9.17, 15) is 4.79 Å². The van der Waals surface area contributed by atoms with Crippen LogP contribution in [-0.4, -0.2) is 39.2 Å². The summed E-state index contributed by atoms with van der Waals surface area (Å²) >= 11 is 6.32. The molecule has 2 aliphatic carbocycles. The number of carbonyl (C=O) groups is 1. The second-order valence-electron chi connectivity index (χ2n) is 6.91. The predicted octanol–water partition coefficient (Wildman–Crippen LogP) is 3.67. The maximum atomic E-state index is 12.7. The zero-order valence-electron chi connectivity index (χ0n) is 13.8. The van der Waals surface area contributed by atoms with Crippen molar-refractivity contribution in [3.8, 4) is 5.69 Å². The van der Waals surface area contributed by atoms with E-state index in [0.717, 1.165) is 30.9 Å². The molecule has 0 aliphatic heterocycles. The van der Waals surface area contributed by atoms with Gasteiger partial charge in [0.1, 0.15) is 5.82 Å². The Morgan fingerprint density at radius 1 is 1.29 bits per heavy atom. The van der Waals surface area contributed by atoms with Crippen LogP contribution >= 0.6 is 11.6 Å². The maximum absolute atomic E-state index is 12.7. The fourth-order valence-electron chi connectivity index (χ4n) is 3.14. The van der Waals surface area contributed by atoms with Crippen LogP contribution in [0.15, 0.2) is 24.3 Å². The Morgan fingerprint density at radius 2 is 2.04 bits per heavy atom. The smallest absolute Gasteiger partial charge is 0.293 e. The molecule has 2 fully saturated rings. The summed E-state index contributed by atoms with van der Waals surface area (Å²) in [6.07, 6.45) is 5.89. The van der Waals surface area contributed by atoms with Crippen LogP contribution in [0.2, 0.25) is 5.02 Å². The highest BCUT2D eigenvalue weighted by atomic mass is 35.5. The van der Waals surface area contributed by atoms with Crippen molar-refractivity contribution in [2.75, 3.05) is 13.6 Å². The van der Waals surface area contributed by atoms with E-state index >= 15 is 0 Å². The molecular formula is C18H21ClN4O. The third-order valence-corrected chi connectivity index (χ3v) is 5.27. The number of nitrogens with zero attached hydrogens (tertiary/aromatic N) is 4. The molecule has 2 saturated carbocycles. The van der Waals surface area contributed by atoms with Gasteiger partial charge in [0.2, 0.25) is 5.82 Å². The van der Waals surface area contributed by atoms with Gasteiger partial charge >= 0.3 is 0 Å². The van der Waals surface area contributed by atoms with E-state index in [1.54, 1.807) is 9.58 Å². The molecule has 4 rings (SSSR count). The molecule has 0 bridgehead atoms. The lowest BCUT2D eigenvalue weighted by molar-refractivity contribution is 0.0733. The minimum Gasteiger partial charge on any atom is -0.339 e. The Kier molecular flexibility index (Phi) is 4.04. The first-order valence-electron chi connectivity index (χ1n) is 8.61. The topological polar surface area (TPSA) is 51.0 Å². The average Bonchev–Trinajstić information content (AvgIpc) is 3.29. The van der Waals surface area contributed by atoms with Gasteiger partial charge in [0.05, 0.1) is 10.7 Å². The summed E-state index contributed by atoms with van der Waals surface area (Å²) in [5.41, 5.74) is 0.786. The lowest BCUT2D eigenvalue weighted by Gasteiger charge is -2.29. The predicted molar refractivity (Wildman–Crippen MR) is 92.6 cm³/mol. The normalized spacial score (nSPS) is 17.6. The highest BCUT2D eigenvalue weighted by molar-refractivity contribution is 6.32. The van der Waals surface area contributed by atoms with Gasteiger partial charge in [-0.3, -0.25) is 4.79 Å². The van der Waals surface area contributed by atoms with Crippen LogP contribution in [0, 0.1) is 5.92 Å². The maximum Gasteiger partial charge on any atom is 0.293 e. The molecule has 0 unspecified atom stereocenters. The molecule has 6 heteroatoms. The zero-order valence-corrected chi connectivity index (χ0v) is 14.5. The Hall–Kier alpha value is -1.88. The van der Waals surface area contributed by atoms with Crippen molar-refractivity contribution in [1.29, 1.82) is 0 Å². The molecule has 5 nitrogen and oxygen atoms in total. The Morgan fingerprint density at radius 3 is 2.67 bits per heavy atom. The molecule has 0 atom stereocenters. The van der Waals surface area contributed by atoms with Crippen molar-refractivity contribution in [3.63, 3.8) is 0 Å². The first-order chi connectivity index (χ1) is 11.6. The van der Waals surface area contributed by atoms with E-state index < -0.39 is 0 Å². The summed E-state index contributed by atoms with van der Waals surface area (Å²) in [6.45, 7) is 0.790. The van der Waals surface area contributed by atoms with Crippen molar-refractivity contribution in [1.82, 2.24) is 19.7 Å². The molecule has 2 aromatic rings. The van der Waals surface area contributed by atoms with Crippen LogP contribution in [0.4, 0.5) is 0 Å². The second-order valence-corrected chi connectivity index (χ2v) is 7.32. The second kappa shape index (κ2) is 6.20. The number of amides is 1. The van der Waals surface area contributed by atoms with Gasteiger partial charge in [0.15, 0.2) is 0 Å². The number of rotatable bonds is 5. The van der Waals surface area contributed by atoms with Crippen LogP contribution in [0.1, 0.15) is 54.5 Å². The van der Waals surface area contributed by atoms with Crippen molar-refractivity contribution in [3.05, 3.63) is 40.9 Å². The summed E-state index contributed by atoms with van der Waals surface area (Å²) in [4.78, 5) is 19.0. The average molecular weight is 345 g/mol. The third kappa shape index (κ3) is 2.93. The van der Waals surface area contributed by atoms with Gasteiger partial charge in [-0.05, 0) is 43.7 Å². The number of para-hydroxylation sites is 1. The summed E-state index contributed by atoms with van der Waals surface area (Å²) in [6, 6.07) is 7.55. The first-order valence-corrected chi connectivity index (χ1v) is 8.98. The Labute approximate surface area is 146 Å². The molecule has 0 radical (unpaired) electrons. The minimum atomic E-state index is -0.102. The number of aromatic nitrogens is 3. The fraction of sp³-hybridized carbons (Fsp3) is 0.500. The van der Waals surface area contributed by atoms with Gasteiger partial charge in [-0.2, -0.15) is 0 Å². The summed E-state index contributed by atoms with van der Waals surface area (Å²) in [5.74, 6) is 2.04. The van der Waals surface area contributed by atoms with Gasteiger partial charge in [0, 0.05) is 19.5 Å². The lowest BCUT2D eigenvalue weighted by Crippen LogP contribution is -2.34. The molecule has 126 valence electrons. The summed E-state index contributed by atoms with van der Waals surface area (Å²) < 4.78 is 1.75. The third-order valence-electron chi connectivity index (χ3n) is 4.95. The largest absolute Gasteiger partial charge is 0.339 e. The van der Waals surface area contributed by atoms with Crippen molar-refractivity contribution < 1.29 is 4.79 Å². The number of benzene rings is 1. The SMILES string of the molecule is CN(CC1CCC1)C(=O)c1nc(C2CC2)n(-c2ccccc2Cl)n1. The molecule has 2 aliphatic rings. The number of halogens is 1. The highest BCUT2D eigenvalue weighted by Crippen LogP contribution is 2.40. The molecule has 0 saturated heterocycles. The van der Waals surface area contributed by atoms with Gasteiger partial charge in [-0.15, -0.1) is 5.10 Å². The van der Waals surface area contributed by atoms with Crippen LogP contribution in [0.25, 0.3) is 5.69 Å². The Bertz CT molecular complexity index is 764. The number of carbonyl (C=O) groups excluding carboxylic acids is 1. The van der Waals surface area contributed by atoms with Crippen molar-refractivity contribution >= 4 is 17.5 Å². The van der Waals surface area contributed by atoms with Crippen LogP contribution in [0.3, 0.4) is 0 Å². The fourth-order valence-corrected chi connectivity index (χ4v) is 3.35. The van der Waals surface area contributed by atoms with Gasteiger partial charge in [-0.1, -0.05) is 30.2 Å². The quantitative estimate of drug-likeness (QED) is 0.831.